The van der Waals surface area contributed by atoms with Crippen LogP contribution in [0.4, 0.5) is 0 Å². The lowest BCUT2D eigenvalue weighted by atomic mass is 10.1. The van der Waals surface area contributed by atoms with E-state index in [9.17, 15) is 0 Å². The maximum atomic E-state index is 6.39. The van der Waals surface area contributed by atoms with E-state index in [1.807, 2.05) is 47.8 Å². The van der Waals surface area contributed by atoms with Crippen LogP contribution in [0.3, 0.4) is 0 Å². The van der Waals surface area contributed by atoms with Crippen molar-refractivity contribution < 1.29 is 14.2 Å². The lowest BCUT2D eigenvalue weighted by Crippen LogP contribution is -2.31. The third-order valence-electron chi connectivity index (χ3n) is 5.93. The average Bonchev–Trinajstić information content (AvgIpc) is 3.73. The van der Waals surface area contributed by atoms with Crippen molar-refractivity contribution in [1.29, 1.82) is 0 Å². The largest absolute Gasteiger partial charge is 0.491 e. The van der Waals surface area contributed by atoms with Gasteiger partial charge in [-0.15, -0.1) is 22.7 Å². The van der Waals surface area contributed by atoms with E-state index in [-0.39, 0.29) is 6.10 Å². The Morgan fingerprint density at radius 3 is 2.69 bits per heavy atom. The van der Waals surface area contributed by atoms with Gasteiger partial charge in [-0.2, -0.15) is 5.10 Å². The molecule has 182 valence electrons. The van der Waals surface area contributed by atoms with Crippen LogP contribution in [0.25, 0.3) is 10.6 Å². The number of ether oxygens (including phenoxy) is 3. The smallest absolute Gasteiger partial charge is 0.212 e. The van der Waals surface area contributed by atoms with Gasteiger partial charge in [0.1, 0.15) is 29.8 Å². The van der Waals surface area contributed by atoms with Gasteiger partial charge < -0.3 is 14.2 Å². The second-order valence-corrected chi connectivity index (χ2v) is 10.3. The van der Waals surface area contributed by atoms with E-state index in [1.54, 1.807) is 29.0 Å². The number of thiophene rings is 1. The van der Waals surface area contributed by atoms with Gasteiger partial charge in [0, 0.05) is 17.4 Å². The minimum atomic E-state index is -0.892. The lowest BCUT2D eigenvalue weighted by Gasteiger charge is -2.25. The number of H-pyrrole nitrogens is 1. The zero-order valence-electron chi connectivity index (χ0n) is 19.4. The topological polar surface area (TPSA) is 82.2 Å². The first-order chi connectivity index (χ1) is 17.8. The molecule has 0 bridgehead atoms. The van der Waals surface area contributed by atoms with Crippen LogP contribution in [0.2, 0.25) is 0 Å². The van der Waals surface area contributed by atoms with E-state index in [1.165, 1.54) is 5.56 Å². The molecule has 36 heavy (non-hydrogen) atoms. The summed E-state index contributed by atoms with van der Waals surface area (Å²) in [6.45, 7) is 0.822. The Kier molecular flexibility index (Phi) is 6.61. The number of thiazole rings is 1. The molecule has 0 amide bonds. The quantitative estimate of drug-likeness (QED) is 0.280. The molecule has 6 rings (SSSR count). The van der Waals surface area contributed by atoms with Crippen molar-refractivity contribution in [2.75, 3.05) is 13.2 Å². The molecule has 1 fully saturated rings. The Hall–Kier alpha value is -3.37. The number of rotatable bonds is 9. The standard InChI is InChI=1S/C27H24N4O3S2/c1-2-5-19(6-3-1)13-21-17-36-26(30-21)20-8-10-22(11-9-20)32-15-23-16-33-27(34-23,24-7-4-12-35-24)14-25-28-18-29-31-25/h1-12,17-18,23H,13-16H2,(H,28,29,31). The molecule has 2 atom stereocenters. The minimum Gasteiger partial charge on any atom is -0.491 e. The molecule has 4 heterocycles. The summed E-state index contributed by atoms with van der Waals surface area (Å²) in [5.74, 6) is 0.539. The Balaban J connectivity index is 1.07. The molecule has 3 aromatic heterocycles. The number of nitrogens with zero attached hydrogens (tertiary/aromatic N) is 3. The number of benzene rings is 2. The van der Waals surface area contributed by atoms with Gasteiger partial charge in [0.15, 0.2) is 5.82 Å². The predicted molar refractivity (Wildman–Crippen MR) is 139 cm³/mol. The highest BCUT2D eigenvalue weighted by molar-refractivity contribution is 7.13. The summed E-state index contributed by atoms with van der Waals surface area (Å²) >= 11 is 3.26. The van der Waals surface area contributed by atoms with Gasteiger partial charge in [-0.1, -0.05) is 36.4 Å². The molecule has 5 aromatic rings. The van der Waals surface area contributed by atoms with Crippen LogP contribution < -0.4 is 4.74 Å². The number of aromatic nitrogens is 4. The van der Waals surface area contributed by atoms with Gasteiger partial charge in [-0.3, -0.25) is 5.10 Å². The van der Waals surface area contributed by atoms with Gasteiger partial charge in [0.2, 0.25) is 5.79 Å². The fourth-order valence-electron chi connectivity index (χ4n) is 4.19. The number of aromatic amines is 1. The second-order valence-electron chi connectivity index (χ2n) is 8.51. The first-order valence-corrected chi connectivity index (χ1v) is 13.4. The summed E-state index contributed by atoms with van der Waals surface area (Å²) in [6.07, 6.45) is 2.63. The summed E-state index contributed by atoms with van der Waals surface area (Å²) in [5.41, 5.74) is 3.43. The molecular weight excluding hydrogens is 492 g/mol. The summed E-state index contributed by atoms with van der Waals surface area (Å²) in [4.78, 5) is 10.1. The molecule has 2 aromatic carbocycles. The molecule has 1 saturated heterocycles. The van der Waals surface area contributed by atoms with Crippen LogP contribution >= 0.6 is 22.7 Å². The molecule has 0 radical (unpaired) electrons. The average molecular weight is 517 g/mol. The van der Waals surface area contributed by atoms with Gasteiger partial charge in [-0.25, -0.2) is 9.97 Å². The zero-order chi connectivity index (χ0) is 24.2. The molecule has 1 aliphatic heterocycles. The maximum Gasteiger partial charge on any atom is 0.212 e. The fourth-order valence-corrected chi connectivity index (χ4v) is 5.83. The van der Waals surface area contributed by atoms with E-state index >= 15 is 0 Å². The highest BCUT2D eigenvalue weighted by atomic mass is 32.1. The number of hydrogen-bond acceptors (Lipinski definition) is 8. The summed E-state index contributed by atoms with van der Waals surface area (Å²) in [7, 11) is 0. The van der Waals surface area contributed by atoms with Crippen molar-refractivity contribution in [2.45, 2.75) is 24.7 Å². The maximum absolute atomic E-state index is 6.39. The molecule has 1 N–H and O–H groups in total. The molecule has 2 unspecified atom stereocenters. The van der Waals surface area contributed by atoms with Crippen LogP contribution in [-0.2, 0) is 28.1 Å². The van der Waals surface area contributed by atoms with Crippen LogP contribution in [0.15, 0.2) is 83.8 Å². The number of hydrogen-bond donors (Lipinski definition) is 1. The highest BCUT2D eigenvalue weighted by Gasteiger charge is 2.45. The second kappa shape index (κ2) is 10.3. The van der Waals surface area contributed by atoms with Gasteiger partial charge >= 0.3 is 0 Å². The summed E-state index contributed by atoms with van der Waals surface area (Å²) in [5, 5.41) is 12.1. The number of nitrogens with one attached hydrogen (secondary N) is 1. The van der Waals surface area contributed by atoms with Crippen molar-refractivity contribution in [2.24, 2.45) is 0 Å². The highest BCUT2D eigenvalue weighted by Crippen LogP contribution is 2.39. The third-order valence-corrected chi connectivity index (χ3v) is 7.86. The molecular formula is C27H24N4O3S2. The van der Waals surface area contributed by atoms with Crippen molar-refractivity contribution in [3.63, 3.8) is 0 Å². The van der Waals surface area contributed by atoms with Gasteiger partial charge in [0.25, 0.3) is 0 Å². The van der Waals surface area contributed by atoms with Crippen molar-refractivity contribution >= 4 is 22.7 Å². The Morgan fingerprint density at radius 1 is 1.03 bits per heavy atom. The molecule has 1 aliphatic rings. The van der Waals surface area contributed by atoms with Crippen LogP contribution in [0.5, 0.6) is 5.75 Å². The van der Waals surface area contributed by atoms with Crippen molar-refractivity contribution in [1.82, 2.24) is 20.2 Å². The zero-order valence-corrected chi connectivity index (χ0v) is 21.0. The minimum absolute atomic E-state index is 0.203. The normalized spacial score (nSPS) is 19.5. The van der Waals surface area contributed by atoms with E-state index in [0.29, 0.717) is 25.5 Å². The van der Waals surface area contributed by atoms with Crippen molar-refractivity contribution in [3.05, 3.63) is 106 Å². The summed E-state index contributed by atoms with van der Waals surface area (Å²) in [6, 6.07) is 22.5. The fraction of sp³-hybridized carbons (Fsp3) is 0.222. The lowest BCUT2D eigenvalue weighted by molar-refractivity contribution is -0.176. The van der Waals surface area contributed by atoms with Gasteiger partial charge in [-0.05, 0) is 41.3 Å². The first-order valence-electron chi connectivity index (χ1n) is 11.7. The van der Waals surface area contributed by atoms with Crippen molar-refractivity contribution in [3.8, 4) is 16.3 Å². The Morgan fingerprint density at radius 2 is 1.92 bits per heavy atom. The summed E-state index contributed by atoms with van der Waals surface area (Å²) < 4.78 is 18.6. The van der Waals surface area contributed by atoms with Crippen LogP contribution in [-0.4, -0.2) is 39.5 Å². The van der Waals surface area contributed by atoms with Crippen LogP contribution in [0.1, 0.15) is 22.0 Å². The first kappa shape index (κ1) is 23.1. The molecule has 0 aliphatic carbocycles. The van der Waals surface area contributed by atoms with Gasteiger partial charge in [0.05, 0.1) is 23.6 Å². The SMILES string of the molecule is c1ccc(Cc2csc(-c3ccc(OCC4COC(Cc5nc[nH]n5)(c5cccs5)O4)cc3)n2)cc1. The molecule has 9 heteroatoms. The third kappa shape index (κ3) is 5.10. The monoisotopic (exact) mass is 516 g/mol. The van der Waals surface area contributed by atoms with Crippen LogP contribution in [0, 0.1) is 0 Å². The predicted octanol–water partition coefficient (Wildman–Crippen LogP) is 5.47. The van der Waals surface area contributed by atoms with E-state index < -0.39 is 5.79 Å². The molecule has 7 nitrogen and oxygen atoms in total. The molecule has 0 saturated carbocycles. The van der Waals surface area contributed by atoms with E-state index in [2.05, 4.69) is 44.8 Å². The Labute approximate surface area is 216 Å². The van der Waals surface area contributed by atoms with E-state index in [4.69, 9.17) is 19.2 Å². The van der Waals surface area contributed by atoms with E-state index in [0.717, 1.165) is 33.3 Å². The Bertz CT molecular complexity index is 1370. The molecule has 0 spiro atoms.